The van der Waals surface area contributed by atoms with Crippen molar-refractivity contribution in [1.82, 2.24) is 0 Å². The van der Waals surface area contributed by atoms with Gasteiger partial charge in [-0.3, -0.25) is 0 Å². The summed E-state index contributed by atoms with van der Waals surface area (Å²) in [5.74, 6) is 2.00. The van der Waals surface area contributed by atoms with E-state index in [4.69, 9.17) is 15.6 Å². The zero-order chi connectivity index (χ0) is 12.8. The van der Waals surface area contributed by atoms with Crippen molar-refractivity contribution in [3.05, 3.63) is 23.8 Å². The summed E-state index contributed by atoms with van der Waals surface area (Å²) in [6, 6.07) is 5.89. The number of hydrogen-bond acceptors (Lipinski definition) is 4. The molecule has 3 nitrogen and oxygen atoms in total. The van der Waals surface area contributed by atoms with E-state index in [2.05, 4.69) is 6.07 Å². The second kappa shape index (κ2) is 6.89. The Hall–Kier alpha value is -0.710. The van der Waals surface area contributed by atoms with Gasteiger partial charge in [0.15, 0.2) is 0 Å². The lowest BCUT2D eigenvalue weighted by Gasteiger charge is -2.17. The molecule has 1 unspecified atom stereocenters. The Morgan fingerprint density at radius 1 is 1.41 bits per heavy atom. The van der Waals surface area contributed by atoms with Crippen molar-refractivity contribution in [2.75, 3.05) is 19.5 Å². The van der Waals surface area contributed by atoms with Crippen molar-refractivity contribution in [3.63, 3.8) is 0 Å². The van der Waals surface area contributed by atoms with E-state index in [9.17, 15) is 0 Å². The molecule has 0 radical (unpaired) electrons. The number of benzene rings is 1. The molecule has 0 aliphatic rings. The first-order valence-corrected chi connectivity index (χ1v) is 6.74. The Balaban J connectivity index is 2.90. The van der Waals surface area contributed by atoms with E-state index in [-0.39, 0.29) is 18.6 Å². The molecule has 1 rings (SSSR count). The number of aliphatic hydroxyl groups excluding tert-OH is 1. The standard InChI is InChI=1S/C13H21NO2S/c1-9(7-15)8-17-12-6-4-5-11(16-3)13(12)10(2)14/h4-6,9-10,15H,7-8,14H2,1-3H3/t9?,10-/m1/s1. The van der Waals surface area contributed by atoms with Crippen LogP contribution in [0.3, 0.4) is 0 Å². The fourth-order valence-corrected chi connectivity index (χ4v) is 2.75. The SMILES string of the molecule is COc1cccc(SCC(C)CO)c1[C@@H](C)N. The van der Waals surface area contributed by atoms with E-state index >= 15 is 0 Å². The highest BCUT2D eigenvalue weighted by Crippen LogP contribution is 2.34. The summed E-state index contributed by atoms with van der Waals surface area (Å²) in [6.45, 7) is 4.20. The first-order valence-electron chi connectivity index (χ1n) is 5.76. The van der Waals surface area contributed by atoms with Gasteiger partial charge in [-0.2, -0.15) is 0 Å². The number of ether oxygens (including phenoxy) is 1. The van der Waals surface area contributed by atoms with Crippen LogP contribution in [0.25, 0.3) is 0 Å². The second-order valence-corrected chi connectivity index (χ2v) is 5.32. The minimum Gasteiger partial charge on any atom is -0.496 e. The average Bonchev–Trinajstić information content (AvgIpc) is 2.34. The first-order chi connectivity index (χ1) is 8.10. The Labute approximate surface area is 107 Å². The van der Waals surface area contributed by atoms with E-state index in [1.807, 2.05) is 26.0 Å². The lowest BCUT2D eigenvalue weighted by molar-refractivity contribution is 0.250. The van der Waals surface area contributed by atoms with Gasteiger partial charge in [0, 0.05) is 28.9 Å². The van der Waals surface area contributed by atoms with Crippen molar-refractivity contribution in [3.8, 4) is 5.75 Å². The van der Waals surface area contributed by atoms with E-state index in [1.165, 1.54) is 0 Å². The fraction of sp³-hybridized carbons (Fsp3) is 0.538. The van der Waals surface area contributed by atoms with Crippen LogP contribution in [0.4, 0.5) is 0 Å². The molecule has 4 heteroatoms. The van der Waals surface area contributed by atoms with Gasteiger partial charge in [-0.15, -0.1) is 11.8 Å². The summed E-state index contributed by atoms with van der Waals surface area (Å²) in [5, 5.41) is 9.03. The van der Waals surface area contributed by atoms with Crippen LogP contribution in [0.1, 0.15) is 25.5 Å². The molecule has 96 valence electrons. The first kappa shape index (κ1) is 14.4. The Bertz CT molecular complexity index is 355. The normalized spacial score (nSPS) is 14.4. The Kier molecular flexibility index (Phi) is 5.82. The summed E-state index contributed by atoms with van der Waals surface area (Å²) in [6.07, 6.45) is 0. The number of hydrogen-bond donors (Lipinski definition) is 2. The quantitative estimate of drug-likeness (QED) is 0.767. The van der Waals surface area contributed by atoms with Crippen LogP contribution in [0, 0.1) is 5.92 Å². The molecular formula is C13H21NO2S. The van der Waals surface area contributed by atoms with Crippen LogP contribution < -0.4 is 10.5 Å². The predicted octanol–water partition coefficient (Wildman–Crippen LogP) is 2.44. The molecule has 0 amide bonds. The average molecular weight is 255 g/mol. The minimum absolute atomic E-state index is 0.0573. The molecule has 3 N–H and O–H groups in total. The zero-order valence-electron chi connectivity index (χ0n) is 10.6. The predicted molar refractivity (Wildman–Crippen MR) is 72.6 cm³/mol. The van der Waals surface area contributed by atoms with Crippen LogP contribution in [0.2, 0.25) is 0 Å². The molecule has 0 bridgehead atoms. The summed E-state index contributed by atoms with van der Waals surface area (Å²) < 4.78 is 5.34. The summed E-state index contributed by atoms with van der Waals surface area (Å²) in [5.41, 5.74) is 7.03. The van der Waals surface area contributed by atoms with Gasteiger partial charge in [0.25, 0.3) is 0 Å². The van der Waals surface area contributed by atoms with Gasteiger partial charge < -0.3 is 15.6 Å². The highest BCUT2D eigenvalue weighted by molar-refractivity contribution is 7.99. The van der Waals surface area contributed by atoms with Gasteiger partial charge in [-0.25, -0.2) is 0 Å². The van der Waals surface area contributed by atoms with Crippen molar-refractivity contribution < 1.29 is 9.84 Å². The largest absolute Gasteiger partial charge is 0.496 e. The zero-order valence-corrected chi connectivity index (χ0v) is 11.5. The van der Waals surface area contributed by atoms with E-state index in [1.54, 1.807) is 18.9 Å². The van der Waals surface area contributed by atoms with Crippen LogP contribution >= 0.6 is 11.8 Å². The van der Waals surface area contributed by atoms with Crippen molar-refractivity contribution in [2.45, 2.75) is 24.8 Å². The van der Waals surface area contributed by atoms with Crippen LogP contribution in [-0.4, -0.2) is 24.6 Å². The highest BCUT2D eigenvalue weighted by Gasteiger charge is 2.14. The lowest BCUT2D eigenvalue weighted by atomic mass is 10.1. The molecule has 0 aromatic heterocycles. The summed E-state index contributed by atoms with van der Waals surface area (Å²) >= 11 is 1.72. The van der Waals surface area contributed by atoms with Crippen LogP contribution in [-0.2, 0) is 0 Å². The van der Waals surface area contributed by atoms with E-state index < -0.39 is 0 Å². The molecule has 0 heterocycles. The minimum atomic E-state index is -0.0573. The second-order valence-electron chi connectivity index (χ2n) is 4.26. The highest BCUT2D eigenvalue weighted by atomic mass is 32.2. The molecule has 0 spiro atoms. The van der Waals surface area contributed by atoms with Gasteiger partial charge in [-0.05, 0) is 25.0 Å². The number of nitrogens with two attached hydrogens (primary N) is 1. The fourth-order valence-electron chi connectivity index (χ4n) is 1.56. The molecule has 17 heavy (non-hydrogen) atoms. The van der Waals surface area contributed by atoms with Gasteiger partial charge in [0.2, 0.25) is 0 Å². The monoisotopic (exact) mass is 255 g/mol. The molecule has 0 saturated heterocycles. The smallest absolute Gasteiger partial charge is 0.124 e. The molecule has 0 aliphatic heterocycles. The molecule has 0 aliphatic carbocycles. The maximum atomic E-state index is 9.03. The molecular weight excluding hydrogens is 234 g/mol. The summed E-state index contributed by atoms with van der Waals surface area (Å²) in [4.78, 5) is 1.14. The molecule has 0 saturated carbocycles. The molecule has 1 aromatic rings. The van der Waals surface area contributed by atoms with Gasteiger partial charge in [0.1, 0.15) is 5.75 Å². The molecule has 1 aromatic carbocycles. The van der Waals surface area contributed by atoms with Crippen molar-refractivity contribution in [2.24, 2.45) is 11.7 Å². The summed E-state index contributed by atoms with van der Waals surface area (Å²) in [7, 11) is 1.66. The topological polar surface area (TPSA) is 55.5 Å². The van der Waals surface area contributed by atoms with Crippen LogP contribution in [0.15, 0.2) is 23.1 Å². The Morgan fingerprint density at radius 3 is 2.65 bits per heavy atom. The Morgan fingerprint density at radius 2 is 2.12 bits per heavy atom. The van der Waals surface area contributed by atoms with E-state index in [0.717, 1.165) is 22.0 Å². The van der Waals surface area contributed by atoms with Gasteiger partial charge >= 0.3 is 0 Å². The van der Waals surface area contributed by atoms with Crippen molar-refractivity contribution >= 4 is 11.8 Å². The number of aliphatic hydroxyl groups is 1. The van der Waals surface area contributed by atoms with Crippen LogP contribution in [0.5, 0.6) is 5.75 Å². The third kappa shape index (κ3) is 3.91. The third-order valence-corrected chi connectivity index (χ3v) is 3.94. The number of methoxy groups -OCH3 is 1. The number of thioether (sulfide) groups is 1. The molecule has 2 atom stereocenters. The van der Waals surface area contributed by atoms with E-state index in [0.29, 0.717) is 0 Å². The van der Waals surface area contributed by atoms with Gasteiger partial charge in [0.05, 0.1) is 7.11 Å². The number of rotatable bonds is 6. The van der Waals surface area contributed by atoms with Gasteiger partial charge in [-0.1, -0.05) is 13.0 Å². The lowest BCUT2D eigenvalue weighted by Crippen LogP contribution is -2.09. The maximum Gasteiger partial charge on any atom is 0.124 e. The maximum absolute atomic E-state index is 9.03. The molecule has 0 fully saturated rings. The third-order valence-electron chi connectivity index (χ3n) is 2.54. The van der Waals surface area contributed by atoms with Crippen molar-refractivity contribution in [1.29, 1.82) is 0 Å².